The summed E-state index contributed by atoms with van der Waals surface area (Å²) in [6.45, 7) is 7.09. The maximum Gasteiger partial charge on any atom is 0.265 e. The highest BCUT2D eigenvalue weighted by atomic mass is 32.1. The van der Waals surface area contributed by atoms with Crippen LogP contribution in [0.2, 0.25) is 0 Å². The molecular weight excluding hydrogens is 364 g/mol. The lowest BCUT2D eigenvalue weighted by Gasteiger charge is -2.38. The van der Waals surface area contributed by atoms with E-state index in [-0.39, 0.29) is 17.9 Å². The Kier molecular flexibility index (Phi) is 6.49. The van der Waals surface area contributed by atoms with Gasteiger partial charge in [-0.1, -0.05) is 0 Å². The summed E-state index contributed by atoms with van der Waals surface area (Å²) in [7, 11) is 0. The summed E-state index contributed by atoms with van der Waals surface area (Å²) < 4.78 is 0. The third-order valence-corrected chi connectivity index (χ3v) is 6.57. The van der Waals surface area contributed by atoms with Gasteiger partial charge in [-0.3, -0.25) is 9.59 Å². The Morgan fingerprint density at radius 2 is 2.04 bits per heavy atom. The molecule has 0 unspecified atom stereocenters. The Bertz CT molecular complexity index is 672. The molecule has 2 N–H and O–H groups in total. The summed E-state index contributed by atoms with van der Waals surface area (Å²) in [5.74, 6) is 0.0622. The third kappa shape index (κ3) is 5.27. The van der Waals surface area contributed by atoms with E-state index in [9.17, 15) is 14.7 Å². The highest BCUT2D eigenvalue weighted by Gasteiger charge is 2.35. The molecule has 2 aliphatic heterocycles. The van der Waals surface area contributed by atoms with Crippen molar-refractivity contribution in [2.75, 3.05) is 32.7 Å². The molecule has 0 bridgehead atoms. The number of amides is 2. The van der Waals surface area contributed by atoms with E-state index < -0.39 is 5.60 Å². The first kappa shape index (κ1) is 20.2. The normalized spacial score (nSPS) is 25.2. The van der Waals surface area contributed by atoms with Crippen LogP contribution in [0, 0.1) is 6.92 Å². The monoisotopic (exact) mass is 394 g/mol. The topological polar surface area (TPSA) is 85.8 Å². The molecule has 2 aliphatic rings. The van der Waals surface area contributed by atoms with Crippen LogP contribution < -0.4 is 5.32 Å². The van der Waals surface area contributed by atoms with Gasteiger partial charge in [0.05, 0.1) is 16.8 Å². The van der Waals surface area contributed by atoms with Crippen molar-refractivity contribution in [3.8, 4) is 0 Å². The number of nitrogens with zero attached hydrogens (tertiary/aromatic N) is 3. The maximum absolute atomic E-state index is 12.7. The molecule has 0 spiro atoms. The molecule has 8 heteroatoms. The van der Waals surface area contributed by atoms with Crippen molar-refractivity contribution in [3.05, 3.63) is 16.1 Å². The predicted molar refractivity (Wildman–Crippen MR) is 105 cm³/mol. The van der Waals surface area contributed by atoms with Crippen LogP contribution in [0.4, 0.5) is 0 Å². The number of piperidine rings is 1. The highest BCUT2D eigenvalue weighted by Crippen LogP contribution is 2.26. The Labute approximate surface area is 164 Å². The van der Waals surface area contributed by atoms with E-state index in [2.05, 4.69) is 15.2 Å². The number of likely N-dealkylation sites (tertiary alicyclic amines) is 2. The fourth-order valence-electron chi connectivity index (χ4n) is 4.13. The zero-order chi connectivity index (χ0) is 19.4. The molecule has 0 saturated carbocycles. The second-order valence-electron chi connectivity index (χ2n) is 7.89. The standard InChI is InChI=1S/C19H30N4O3S/c1-14-17(27-13-20-14)18(25)23-8-3-6-19(26,7-11-23)12-22-9-4-16(5-10-22)21-15(2)24/h13,16,26H,3-12H2,1-2H3,(H,21,24)/t19-/m1/s1. The smallest absolute Gasteiger partial charge is 0.265 e. The first-order valence-corrected chi connectivity index (χ1v) is 10.7. The van der Waals surface area contributed by atoms with Gasteiger partial charge in [0.2, 0.25) is 5.91 Å². The number of aryl methyl sites for hydroxylation is 1. The molecule has 0 aliphatic carbocycles. The summed E-state index contributed by atoms with van der Waals surface area (Å²) in [6, 6.07) is 0.248. The number of aliphatic hydroxyl groups is 1. The first-order chi connectivity index (χ1) is 12.9. The Morgan fingerprint density at radius 1 is 1.30 bits per heavy atom. The number of hydrogen-bond acceptors (Lipinski definition) is 6. The van der Waals surface area contributed by atoms with E-state index in [0.717, 1.165) is 38.0 Å². The molecular formula is C19H30N4O3S. The number of nitrogens with one attached hydrogen (secondary N) is 1. The van der Waals surface area contributed by atoms with Gasteiger partial charge in [0.15, 0.2) is 0 Å². The number of carbonyl (C=O) groups is 2. The Balaban J connectivity index is 1.52. The molecule has 0 aromatic carbocycles. The molecule has 2 fully saturated rings. The van der Waals surface area contributed by atoms with Crippen molar-refractivity contribution in [3.63, 3.8) is 0 Å². The van der Waals surface area contributed by atoms with Crippen molar-refractivity contribution in [2.24, 2.45) is 0 Å². The second kappa shape index (κ2) is 8.67. The van der Waals surface area contributed by atoms with Crippen molar-refractivity contribution in [2.45, 2.75) is 57.6 Å². The minimum absolute atomic E-state index is 0.0248. The van der Waals surface area contributed by atoms with E-state index in [1.807, 2.05) is 11.8 Å². The van der Waals surface area contributed by atoms with Gasteiger partial charge in [-0.2, -0.15) is 0 Å². The lowest BCUT2D eigenvalue weighted by Crippen LogP contribution is -2.50. The molecule has 0 radical (unpaired) electrons. The van der Waals surface area contributed by atoms with E-state index in [1.165, 1.54) is 11.3 Å². The van der Waals surface area contributed by atoms with Gasteiger partial charge in [0, 0.05) is 45.7 Å². The zero-order valence-corrected chi connectivity index (χ0v) is 17.1. The quantitative estimate of drug-likeness (QED) is 0.806. The molecule has 1 aromatic heterocycles. The predicted octanol–water partition coefficient (Wildman–Crippen LogP) is 1.41. The number of carbonyl (C=O) groups excluding carboxylic acids is 2. The van der Waals surface area contributed by atoms with Crippen LogP contribution in [0.1, 0.15) is 54.4 Å². The van der Waals surface area contributed by atoms with Crippen LogP contribution >= 0.6 is 11.3 Å². The van der Waals surface area contributed by atoms with Gasteiger partial charge < -0.3 is 20.2 Å². The summed E-state index contributed by atoms with van der Waals surface area (Å²) in [6.07, 6.45) is 3.96. The minimum Gasteiger partial charge on any atom is -0.388 e. The zero-order valence-electron chi connectivity index (χ0n) is 16.2. The number of β-amino-alcohol motifs (C(OH)–C–C–N with tert-alkyl or cyclic N) is 1. The van der Waals surface area contributed by atoms with Gasteiger partial charge in [0.25, 0.3) is 5.91 Å². The van der Waals surface area contributed by atoms with Gasteiger partial charge in [-0.15, -0.1) is 11.3 Å². The Hall–Kier alpha value is -1.51. The summed E-state index contributed by atoms with van der Waals surface area (Å²) in [5.41, 5.74) is 1.74. The van der Waals surface area contributed by atoms with Gasteiger partial charge >= 0.3 is 0 Å². The van der Waals surface area contributed by atoms with Crippen LogP contribution in [0.5, 0.6) is 0 Å². The largest absolute Gasteiger partial charge is 0.388 e. The number of aromatic nitrogens is 1. The van der Waals surface area contributed by atoms with Crippen LogP contribution in [0.15, 0.2) is 5.51 Å². The fraction of sp³-hybridized carbons (Fsp3) is 0.737. The third-order valence-electron chi connectivity index (χ3n) is 5.66. The SMILES string of the molecule is CC(=O)NC1CCN(C[C@@]2(O)CCCN(C(=O)c3scnc3C)CC2)CC1. The average Bonchev–Trinajstić information content (AvgIpc) is 2.95. The molecule has 1 atom stereocenters. The van der Waals surface area contributed by atoms with Crippen molar-refractivity contribution in [1.29, 1.82) is 0 Å². The van der Waals surface area contributed by atoms with Gasteiger partial charge in [-0.05, 0) is 39.0 Å². The van der Waals surface area contributed by atoms with Crippen LogP contribution in [-0.4, -0.2) is 76.1 Å². The molecule has 2 saturated heterocycles. The minimum atomic E-state index is -0.751. The van der Waals surface area contributed by atoms with Crippen molar-refractivity contribution in [1.82, 2.24) is 20.1 Å². The highest BCUT2D eigenvalue weighted by molar-refractivity contribution is 7.11. The van der Waals surface area contributed by atoms with Crippen molar-refractivity contribution < 1.29 is 14.7 Å². The summed E-state index contributed by atoms with van der Waals surface area (Å²) in [4.78, 5) is 33.0. The lowest BCUT2D eigenvalue weighted by atomic mass is 9.93. The summed E-state index contributed by atoms with van der Waals surface area (Å²) >= 11 is 1.39. The maximum atomic E-state index is 12.7. The number of hydrogen-bond donors (Lipinski definition) is 2. The number of rotatable bonds is 4. The molecule has 27 heavy (non-hydrogen) atoms. The molecule has 2 amide bonds. The fourth-order valence-corrected chi connectivity index (χ4v) is 4.90. The molecule has 150 valence electrons. The second-order valence-corrected chi connectivity index (χ2v) is 8.74. The van der Waals surface area contributed by atoms with E-state index in [1.54, 1.807) is 12.4 Å². The van der Waals surface area contributed by atoms with E-state index >= 15 is 0 Å². The van der Waals surface area contributed by atoms with Gasteiger partial charge in [0.1, 0.15) is 4.88 Å². The molecule has 1 aromatic rings. The summed E-state index contributed by atoms with van der Waals surface area (Å²) in [5, 5.41) is 14.1. The van der Waals surface area contributed by atoms with Crippen molar-refractivity contribution >= 4 is 23.2 Å². The van der Waals surface area contributed by atoms with E-state index in [0.29, 0.717) is 37.4 Å². The lowest BCUT2D eigenvalue weighted by molar-refractivity contribution is -0.120. The van der Waals surface area contributed by atoms with Gasteiger partial charge in [-0.25, -0.2) is 4.98 Å². The molecule has 3 rings (SSSR count). The first-order valence-electron chi connectivity index (χ1n) is 9.77. The van der Waals surface area contributed by atoms with Crippen LogP contribution in [-0.2, 0) is 4.79 Å². The number of thiazole rings is 1. The molecule has 3 heterocycles. The molecule has 7 nitrogen and oxygen atoms in total. The average molecular weight is 395 g/mol. The van der Waals surface area contributed by atoms with E-state index in [4.69, 9.17) is 0 Å². The van der Waals surface area contributed by atoms with Crippen LogP contribution in [0.3, 0.4) is 0 Å². The Morgan fingerprint density at radius 3 is 2.67 bits per heavy atom. The van der Waals surface area contributed by atoms with Crippen LogP contribution in [0.25, 0.3) is 0 Å².